The molecule has 1 unspecified atom stereocenters. The van der Waals surface area contributed by atoms with Crippen LogP contribution in [0, 0.1) is 13.8 Å². The van der Waals surface area contributed by atoms with E-state index >= 15 is 0 Å². The third-order valence-electron chi connectivity index (χ3n) is 2.29. The summed E-state index contributed by atoms with van der Waals surface area (Å²) < 4.78 is 0. The maximum atomic E-state index is 10.6. The predicted octanol–water partition coefficient (Wildman–Crippen LogP) is 2.88. The Morgan fingerprint density at radius 1 is 1.29 bits per heavy atom. The van der Waals surface area contributed by atoms with Gasteiger partial charge in [0.2, 0.25) is 0 Å². The Morgan fingerprint density at radius 3 is 2.21 bits per heavy atom. The monoisotopic (exact) mass is 192 g/mol. The van der Waals surface area contributed by atoms with Crippen LogP contribution in [0.4, 0.5) is 0 Å². The van der Waals surface area contributed by atoms with Gasteiger partial charge in [0.05, 0.1) is 6.42 Å². The van der Waals surface area contributed by atoms with Crippen LogP contribution in [0.1, 0.15) is 36.0 Å². The molecule has 1 aromatic rings. The van der Waals surface area contributed by atoms with Crippen LogP contribution in [-0.2, 0) is 4.79 Å². The Hall–Kier alpha value is -1.31. The average Bonchev–Trinajstić information content (AvgIpc) is 2.00. The second-order valence-electron chi connectivity index (χ2n) is 3.92. The zero-order valence-electron chi connectivity index (χ0n) is 8.87. The standard InChI is InChI=1S/C12H16O2/c1-8-4-9(2)6-11(5-8)10(3)7-12(13)14/h4-6,10H,7H2,1-3H3,(H,13,14). The summed E-state index contributed by atoms with van der Waals surface area (Å²) in [5.41, 5.74) is 3.50. The highest BCUT2D eigenvalue weighted by molar-refractivity contribution is 5.68. The maximum Gasteiger partial charge on any atom is 0.303 e. The number of rotatable bonds is 3. The number of hydrogen-bond donors (Lipinski definition) is 1. The average molecular weight is 192 g/mol. The zero-order valence-corrected chi connectivity index (χ0v) is 8.87. The molecule has 1 N–H and O–H groups in total. The van der Waals surface area contributed by atoms with Gasteiger partial charge in [0.1, 0.15) is 0 Å². The molecule has 76 valence electrons. The SMILES string of the molecule is Cc1cc(C)cc(C(C)CC(=O)O)c1. The fourth-order valence-corrected chi connectivity index (χ4v) is 1.67. The highest BCUT2D eigenvalue weighted by Crippen LogP contribution is 2.21. The number of benzene rings is 1. The van der Waals surface area contributed by atoms with Gasteiger partial charge in [-0.3, -0.25) is 4.79 Å². The topological polar surface area (TPSA) is 37.3 Å². The van der Waals surface area contributed by atoms with Gasteiger partial charge < -0.3 is 5.11 Å². The molecular weight excluding hydrogens is 176 g/mol. The van der Waals surface area contributed by atoms with E-state index in [1.165, 1.54) is 11.1 Å². The van der Waals surface area contributed by atoms with E-state index in [2.05, 4.69) is 18.2 Å². The summed E-state index contributed by atoms with van der Waals surface area (Å²) in [7, 11) is 0. The van der Waals surface area contributed by atoms with Crippen LogP contribution in [0.25, 0.3) is 0 Å². The molecule has 1 atom stereocenters. The molecule has 0 saturated heterocycles. The van der Waals surface area contributed by atoms with Crippen LogP contribution in [0.3, 0.4) is 0 Å². The molecule has 1 aromatic carbocycles. The first-order valence-electron chi connectivity index (χ1n) is 4.79. The maximum absolute atomic E-state index is 10.6. The molecular formula is C12H16O2. The van der Waals surface area contributed by atoms with Gasteiger partial charge in [-0.1, -0.05) is 36.2 Å². The largest absolute Gasteiger partial charge is 0.481 e. The van der Waals surface area contributed by atoms with Crippen molar-refractivity contribution in [1.82, 2.24) is 0 Å². The van der Waals surface area contributed by atoms with Gasteiger partial charge in [-0.05, 0) is 25.3 Å². The minimum atomic E-state index is -0.739. The highest BCUT2D eigenvalue weighted by Gasteiger charge is 2.10. The normalized spacial score (nSPS) is 12.5. The van der Waals surface area contributed by atoms with Crippen LogP contribution in [0.2, 0.25) is 0 Å². The van der Waals surface area contributed by atoms with Crippen molar-refractivity contribution < 1.29 is 9.90 Å². The molecule has 2 nitrogen and oxygen atoms in total. The van der Waals surface area contributed by atoms with Crippen LogP contribution in [0.15, 0.2) is 18.2 Å². The molecule has 0 bridgehead atoms. The van der Waals surface area contributed by atoms with Crippen molar-refractivity contribution in [3.63, 3.8) is 0 Å². The first kappa shape index (κ1) is 10.8. The first-order valence-corrected chi connectivity index (χ1v) is 4.79. The van der Waals surface area contributed by atoms with Gasteiger partial charge in [0.25, 0.3) is 0 Å². The molecule has 0 aliphatic heterocycles. The smallest absolute Gasteiger partial charge is 0.303 e. The second-order valence-corrected chi connectivity index (χ2v) is 3.92. The number of carbonyl (C=O) groups is 1. The van der Waals surface area contributed by atoms with Crippen molar-refractivity contribution in [2.45, 2.75) is 33.1 Å². The Labute approximate surface area is 84.6 Å². The van der Waals surface area contributed by atoms with Crippen molar-refractivity contribution >= 4 is 5.97 Å². The number of hydrogen-bond acceptors (Lipinski definition) is 1. The van der Waals surface area contributed by atoms with Crippen molar-refractivity contribution in [3.05, 3.63) is 34.9 Å². The summed E-state index contributed by atoms with van der Waals surface area (Å²) in [6.45, 7) is 6.01. The van der Waals surface area contributed by atoms with Crippen LogP contribution >= 0.6 is 0 Å². The molecule has 0 aliphatic rings. The summed E-state index contributed by atoms with van der Waals surface area (Å²) in [6.07, 6.45) is 0.197. The van der Waals surface area contributed by atoms with E-state index in [1.54, 1.807) is 0 Å². The van der Waals surface area contributed by atoms with E-state index in [-0.39, 0.29) is 12.3 Å². The van der Waals surface area contributed by atoms with Gasteiger partial charge in [0, 0.05) is 0 Å². The third kappa shape index (κ3) is 2.87. The van der Waals surface area contributed by atoms with Gasteiger partial charge in [-0.2, -0.15) is 0 Å². The molecule has 1 rings (SSSR count). The minimum Gasteiger partial charge on any atom is -0.481 e. The third-order valence-corrected chi connectivity index (χ3v) is 2.29. The highest BCUT2D eigenvalue weighted by atomic mass is 16.4. The molecule has 0 fully saturated rings. The Kier molecular flexibility index (Phi) is 3.28. The summed E-state index contributed by atoms with van der Waals surface area (Å²) in [6, 6.07) is 6.21. The molecule has 0 spiro atoms. The fraction of sp³-hybridized carbons (Fsp3) is 0.417. The molecule has 14 heavy (non-hydrogen) atoms. The van der Waals surface area contributed by atoms with Crippen LogP contribution in [0.5, 0.6) is 0 Å². The quantitative estimate of drug-likeness (QED) is 0.799. The van der Waals surface area contributed by atoms with Gasteiger partial charge in [0.15, 0.2) is 0 Å². The molecule has 0 saturated carbocycles. The number of aryl methyl sites for hydroxylation is 2. The molecule has 0 aromatic heterocycles. The summed E-state index contributed by atoms with van der Waals surface area (Å²) >= 11 is 0. The van der Waals surface area contributed by atoms with E-state index in [9.17, 15) is 4.79 Å². The number of aliphatic carboxylic acids is 1. The summed E-state index contributed by atoms with van der Waals surface area (Å²) in [5, 5.41) is 8.68. The van der Waals surface area contributed by atoms with E-state index < -0.39 is 5.97 Å². The molecule has 0 radical (unpaired) electrons. The fourth-order valence-electron chi connectivity index (χ4n) is 1.67. The molecule has 0 aliphatic carbocycles. The molecule has 2 heteroatoms. The van der Waals surface area contributed by atoms with Crippen LogP contribution in [-0.4, -0.2) is 11.1 Å². The Balaban J connectivity index is 2.89. The van der Waals surface area contributed by atoms with Crippen molar-refractivity contribution in [3.8, 4) is 0 Å². The predicted molar refractivity (Wildman–Crippen MR) is 56.6 cm³/mol. The van der Waals surface area contributed by atoms with Gasteiger partial charge in [-0.25, -0.2) is 0 Å². The number of carboxylic acid groups (broad SMARTS) is 1. The molecule has 0 amide bonds. The lowest BCUT2D eigenvalue weighted by molar-refractivity contribution is -0.137. The number of carboxylic acids is 1. The van der Waals surface area contributed by atoms with E-state index in [1.807, 2.05) is 20.8 Å². The lowest BCUT2D eigenvalue weighted by Gasteiger charge is -2.11. The summed E-state index contributed by atoms with van der Waals surface area (Å²) in [4.78, 5) is 10.6. The lowest BCUT2D eigenvalue weighted by atomic mass is 9.95. The minimum absolute atomic E-state index is 0.0890. The van der Waals surface area contributed by atoms with E-state index in [4.69, 9.17) is 5.11 Å². The Bertz CT molecular complexity index is 322. The van der Waals surface area contributed by atoms with E-state index in [0.29, 0.717) is 0 Å². The lowest BCUT2D eigenvalue weighted by Crippen LogP contribution is -2.03. The van der Waals surface area contributed by atoms with Crippen molar-refractivity contribution in [1.29, 1.82) is 0 Å². The van der Waals surface area contributed by atoms with E-state index in [0.717, 1.165) is 5.56 Å². The van der Waals surface area contributed by atoms with Crippen LogP contribution < -0.4 is 0 Å². The Morgan fingerprint density at radius 2 is 1.79 bits per heavy atom. The zero-order chi connectivity index (χ0) is 10.7. The first-order chi connectivity index (χ1) is 6.49. The second kappa shape index (κ2) is 4.27. The molecule has 0 heterocycles. The van der Waals surface area contributed by atoms with Gasteiger partial charge >= 0.3 is 5.97 Å². The van der Waals surface area contributed by atoms with Gasteiger partial charge in [-0.15, -0.1) is 0 Å². The van der Waals surface area contributed by atoms with Crippen molar-refractivity contribution in [2.24, 2.45) is 0 Å². The summed E-state index contributed by atoms with van der Waals surface area (Å²) in [5.74, 6) is -0.650. The van der Waals surface area contributed by atoms with Crippen molar-refractivity contribution in [2.75, 3.05) is 0 Å².